The van der Waals surface area contributed by atoms with Crippen LogP contribution in [0.15, 0.2) is 37.0 Å². The molecule has 0 aromatic rings. The molecule has 0 aliphatic rings. The van der Waals surface area contributed by atoms with Gasteiger partial charge in [-0.15, -0.1) is 0 Å². The first-order valence-electron chi connectivity index (χ1n) is 5.78. The predicted molar refractivity (Wildman–Crippen MR) is 74.4 cm³/mol. The lowest BCUT2D eigenvalue weighted by atomic mass is 10.2. The number of hydrogen-bond acceptors (Lipinski definition) is 1. The molecule has 92 valence electrons. The summed E-state index contributed by atoms with van der Waals surface area (Å²) in [6.07, 6.45) is 5.34. The van der Waals surface area contributed by atoms with Gasteiger partial charge in [0.1, 0.15) is 0 Å². The molecular formula is C14H30O. The van der Waals surface area contributed by atoms with Crippen molar-refractivity contribution < 1.29 is 4.74 Å². The summed E-state index contributed by atoms with van der Waals surface area (Å²) in [6.45, 7) is 19.8. The van der Waals surface area contributed by atoms with Gasteiger partial charge in [-0.1, -0.05) is 72.9 Å². The number of allylic oxidation sites excluding steroid dienone is 2. The van der Waals surface area contributed by atoms with Crippen molar-refractivity contribution in [3.63, 3.8) is 0 Å². The highest BCUT2D eigenvalue weighted by atomic mass is 16.5. The van der Waals surface area contributed by atoms with Crippen molar-refractivity contribution in [2.75, 3.05) is 13.7 Å². The molecule has 0 aliphatic heterocycles. The van der Waals surface area contributed by atoms with Crippen LogP contribution in [0.2, 0.25) is 0 Å². The standard InChI is InChI=1S/C8H12O.3C2H6/c1-4-6-8(5-2)7-9-3;3*1-2/h4-6H,1-2,7H2,3H3;3*1-2H3/b8-6+;;;. The molecule has 0 radical (unpaired) electrons. The lowest BCUT2D eigenvalue weighted by Gasteiger charge is -1.95. The van der Waals surface area contributed by atoms with Crippen molar-refractivity contribution >= 4 is 0 Å². The van der Waals surface area contributed by atoms with E-state index in [1.165, 1.54) is 0 Å². The predicted octanol–water partition coefficient (Wildman–Crippen LogP) is 5.01. The molecule has 1 nitrogen and oxygen atoms in total. The van der Waals surface area contributed by atoms with Crippen molar-refractivity contribution in [3.8, 4) is 0 Å². The summed E-state index contributed by atoms with van der Waals surface area (Å²) in [6, 6.07) is 0. The summed E-state index contributed by atoms with van der Waals surface area (Å²) in [5, 5.41) is 0. The molecule has 0 heterocycles. The Hall–Kier alpha value is -0.820. The average Bonchev–Trinajstić information content (AvgIpc) is 2.36. The molecule has 0 aliphatic carbocycles. The smallest absolute Gasteiger partial charge is 0.0712 e. The van der Waals surface area contributed by atoms with E-state index in [2.05, 4.69) is 13.2 Å². The van der Waals surface area contributed by atoms with E-state index in [0.717, 1.165) is 5.57 Å². The second-order valence-electron chi connectivity index (χ2n) is 1.61. The van der Waals surface area contributed by atoms with E-state index in [9.17, 15) is 0 Å². The summed E-state index contributed by atoms with van der Waals surface area (Å²) in [5.41, 5.74) is 1.05. The maximum absolute atomic E-state index is 4.86. The molecule has 0 N–H and O–H groups in total. The van der Waals surface area contributed by atoms with Crippen LogP contribution >= 0.6 is 0 Å². The van der Waals surface area contributed by atoms with Crippen LogP contribution in [-0.4, -0.2) is 13.7 Å². The average molecular weight is 214 g/mol. The maximum atomic E-state index is 4.86. The summed E-state index contributed by atoms with van der Waals surface area (Å²) in [4.78, 5) is 0. The first-order chi connectivity index (χ1) is 7.35. The van der Waals surface area contributed by atoms with Crippen molar-refractivity contribution in [2.24, 2.45) is 0 Å². The molecule has 0 aromatic carbocycles. The largest absolute Gasteiger partial charge is 0.380 e. The van der Waals surface area contributed by atoms with Crippen LogP contribution in [0.5, 0.6) is 0 Å². The second-order valence-corrected chi connectivity index (χ2v) is 1.61. The zero-order chi connectivity index (χ0) is 13.1. The quantitative estimate of drug-likeness (QED) is 0.598. The Morgan fingerprint density at radius 1 is 1.00 bits per heavy atom. The highest BCUT2D eigenvalue weighted by molar-refractivity contribution is 5.21. The van der Waals surface area contributed by atoms with E-state index >= 15 is 0 Å². The van der Waals surface area contributed by atoms with Crippen LogP contribution in [0.1, 0.15) is 41.5 Å². The first kappa shape index (κ1) is 23.8. The van der Waals surface area contributed by atoms with Gasteiger partial charge in [0.25, 0.3) is 0 Å². The lowest BCUT2D eigenvalue weighted by molar-refractivity contribution is 0.228. The molecular weight excluding hydrogens is 184 g/mol. The molecule has 0 saturated carbocycles. The van der Waals surface area contributed by atoms with Crippen LogP contribution in [0.3, 0.4) is 0 Å². The van der Waals surface area contributed by atoms with E-state index in [0.29, 0.717) is 6.61 Å². The number of rotatable bonds is 4. The zero-order valence-electron chi connectivity index (χ0n) is 11.8. The summed E-state index contributed by atoms with van der Waals surface area (Å²) in [5.74, 6) is 0. The normalized spacial score (nSPS) is 7.80. The highest BCUT2D eigenvalue weighted by Gasteiger charge is 1.84. The fourth-order valence-electron chi connectivity index (χ4n) is 0.493. The Morgan fingerprint density at radius 3 is 1.60 bits per heavy atom. The summed E-state index contributed by atoms with van der Waals surface area (Å²) < 4.78 is 4.86. The van der Waals surface area contributed by atoms with E-state index in [1.54, 1.807) is 19.3 Å². The van der Waals surface area contributed by atoms with E-state index in [-0.39, 0.29) is 0 Å². The Balaban J connectivity index is -0.0000000860. The molecule has 0 atom stereocenters. The van der Waals surface area contributed by atoms with Gasteiger partial charge in [-0.2, -0.15) is 0 Å². The zero-order valence-corrected chi connectivity index (χ0v) is 11.8. The van der Waals surface area contributed by atoms with Crippen molar-refractivity contribution in [1.82, 2.24) is 0 Å². The molecule has 0 bridgehead atoms. The molecule has 0 amide bonds. The molecule has 15 heavy (non-hydrogen) atoms. The first-order valence-corrected chi connectivity index (χ1v) is 5.78. The number of methoxy groups -OCH3 is 1. The summed E-state index contributed by atoms with van der Waals surface area (Å²) >= 11 is 0. The van der Waals surface area contributed by atoms with Crippen molar-refractivity contribution in [1.29, 1.82) is 0 Å². The molecule has 0 aromatic heterocycles. The Kier molecular flexibility index (Phi) is 60.1. The molecule has 0 saturated heterocycles. The van der Waals surface area contributed by atoms with E-state index < -0.39 is 0 Å². The van der Waals surface area contributed by atoms with Gasteiger partial charge in [0.2, 0.25) is 0 Å². The SMILES string of the molecule is C=C/C=C(\C=C)COC.CC.CC.CC. The third-order valence-electron chi connectivity index (χ3n) is 0.905. The molecule has 0 spiro atoms. The van der Waals surface area contributed by atoms with Gasteiger partial charge in [0.05, 0.1) is 6.61 Å². The number of hydrogen-bond donors (Lipinski definition) is 0. The minimum atomic E-state index is 0.607. The van der Waals surface area contributed by atoms with Gasteiger partial charge in [-0.25, -0.2) is 0 Å². The van der Waals surface area contributed by atoms with Crippen molar-refractivity contribution in [2.45, 2.75) is 41.5 Å². The highest BCUT2D eigenvalue weighted by Crippen LogP contribution is 1.94. The fourth-order valence-corrected chi connectivity index (χ4v) is 0.493. The van der Waals surface area contributed by atoms with Crippen LogP contribution in [-0.2, 0) is 4.74 Å². The number of ether oxygens (including phenoxy) is 1. The monoisotopic (exact) mass is 214 g/mol. The van der Waals surface area contributed by atoms with Crippen LogP contribution < -0.4 is 0 Å². The minimum Gasteiger partial charge on any atom is -0.380 e. The van der Waals surface area contributed by atoms with Crippen LogP contribution in [0.25, 0.3) is 0 Å². The van der Waals surface area contributed by atoms with Gasteiger partial charge in [0.15, 0.2) is 0 Å². The molecule has 0 unspecified atom stereocenters. The minimum absolute atomic E-state index is 0.607. The molecule has 0 rings (SSSR count). The van der Waals surface area contributed by atoms with Gasteiger partial charge in [0, 0.05) is 7.11 Å². The molecule has 1 heteroatoms. The van der Waals surface area contributed by atoms with Gasteiger partial charge >= 0.3 is 0 Å². The lowest BCUT2D eigenvalue weighted by Crippen LogP contribution is -1.89. The topological polar surface area (TPSA) is 9.23 Å². The molecule has 0 fully saturated rings. The van der Waals surface area contributed by atoms with Gasteiger partial charge in [-0.05, 0) is 5.57 Å². The van der Waals surface area contributed by atoms with Gasteiger partial charge < -0.3 is 4.74 Å². The second kappa shape index (κ2) is 37.9. The van der Waals surface area contributed by atoms with Gasteiger partial charge in [-0.3, -0.25) is 0 Å². The van der Waals surface area contributed by atoms with E-state index in [1.807, 2.05) is 47.6 Å². The maximum Gasteiger partial charge on any atom is 0.0712 e. The third-order valence-corrected chi connectivity index (χ3v) is 0.905. The van der Waals surface area contributed by atoms with Crippen molar-refractivity contribution in [3.05, 3.63) is 37.0 Å². The summed E-state index contributed by atoms with van der Waals surface area (Å²) in [7, 11) is 1.65. The Labute approximate surface area is 97.5 Å². The van der Waals surface area contributed by atoms with Crippen LogP contribution in [0.4, 0.5) is 0 Å². The third kappa shape index (κ3) is 32.0. The Morgan fingerprint density at radius 2 is 1.40 bits per heavy atom. The van der Waals surface area contributed by atoms with Crippen LogP contribution in [0, 0.1) is 0 Å². The Bertz CT molecular complexity index is 123. The van der Waals surface area contributed by atoms with E-state index in [4.69, 9.17) is 4.74 Å². The fraction of sp³-hybridized carbons (Fsp3) is 0.571.